The standard InChI is InChI=1S/C22H23N3/c1-14-11-17(7-9-20(14)23)22(16-5-4-6-19(13-16)25-3)18-8-10-21(24)15(2)12-18/h4-13,23,25H,24H2,1-3H3. The summed E-state index contributed by atoms with van der Waals surface area (Å²) in [5.74, 6) is 0. The number of nitrogens with one attached hydrogen (secondary N) is 2. The summed E-state index contributed by atoms with van der Waals surface area (Å²) in [6, 6.07) is 14.5. The fraction of sp³-hybridized carbons (Fsp3) is 0.136. The van der Waals surface area contributed by atoms with Crippen molar-refractivity contribution >= 4 is 22.7 Å². The normalized spacial score (nSPS) is 15.8. The van der Waals surface area contributed by atoms with E-state index in [1.165, 1.54) is 0 Å². The number of hydrogen-bond acceptors (Lipinski definition) is 3. The number of rotatable bonds is 3. The van der Waals surface area contributed by atoms with Crippen LogP contribution in [0.3, 0.4) is 0 Å². The Bertz CT molecular complexity index is 930. The van der Waals surface area contributed by atoms with E-state index in [1.807, 2.05) is 45.2 Å². The number of nitrogen functional groups attached to an aromatic ring is 1. The first kappa shape index (κ1) is 16.8. The molecule has 0 atom stereocenters. The van der Waals surface area contributed by atoms with Crippen LogP contribution in [-0.2, 0) is 0 Å². The second-order valence-corrected chi connectivity index (χ2v) is 6.31. The molecule has 2 aromatic carbocycles. The summed E-state index contributed by atoms with van der Waals surface area (Å²) in [6.07, 6.45) is 5.95. The van der Waals surface area contributed by atoms with Crippen LogP contribution in [-0.4, -0.2) is 12.8 Å². The van der Waals surface area contributed by atoms with Crippen molar-refractivity contribution in [3.8, 4) is 0 Å². The number of nitrogens with two attached hydrogens (primary N) is 1. The minimum Gasteiger partial charge on any atom is -0.399 e. The molecule has 0 saturated carbocycles. The smallest absolute Gasteiger partial charge is 0.0569 e. The van der Waals surface area contributed by atoms with Crippen LogP contribution in [0.15, 0.2) is 71.8 Å². The second kappa shape index (κ2) is 6.81. The molecule has 4 N–H and O–H groups in total. The van der Waals surface area contributed by atoms with Gasteiger partial charge in [-0.3, -0.25) is 0 Å². The van der Waals surface area contributed by atoms with Crippen molar-refractivity contribution in [1.82, 2.24) is 0 Å². The Balaban J connectivity index is 2.27. The molecular formula is C22H23N3. The lowest BCUT2D eigenvalue weighted by atomic mass is 9.88. The summed E-state index contributed by atoms with van der Waals surface area (Å²) in [5, 5.41) is 11.2. The molecule has 2 aromatic rings. The van der Waals surface area contributed by atoms with Gasteiger partial charge in [0.05, 0.1) is 5.71 Å². The Morgan fingerprint density at radius 1 is 1.00 bits per heavy atom. The molecule has 1 aliphatic rings. The summed E-state index contributed by atoms with van der Waals surface area (Å²) in [6.45, 7) is 4.00. The summed E-state index contributed by atoms with van der Waals surface area (Å²) < 4.78 is 0. The van der Waals surface area contributed by atoms with Gasteiger partial charge in [0.15, 0.2) is 0 Å². The Hall–Kier alpha value is -3.07. The predicted octanol–water partition coefficient (Wildman–Crippen LogP) is 4.96. The third-order valence-electron chi connectivity index (χ3n) is 4.51. The maximum atomic E-state index is 7.96. The summed E-state index contributed by atoms with van der Waals surface area (Å²) >= 11 is 0. The number of aryl methyl sites for hydroxylation is 1. The molecule has 3 rings (SSSR count). The average Bonchev–Trinajstić information content (AvgIpc) is 2.61. The van der Waals surface area contributed by atoms with Gasteiger partial charge in [-0.05, 0) is 83.7 Å². The molecule has 0 bridgehead atoms. The van der Waals surface area contributed by atoms with Gasteiger partial charge in [0.2, 0.25) is 0 Å². The summed E-state index contributed by atoms with van der Waals surface area (Å²) in [7, 11) is 1.92. The molecule has 126 valence electrons. The van der Waals surface area contributed by atoms with Crippen LogP contribution >= 0.6 is 0 Å². The van der Waals surface area contributed by atoms with Gasteiger partial charge in [-0.1, -0.05) is 24.3 Å². The molecule has 25 heavy (non-hydrogen) atoms. The van der Waals surface area contributed by atoms with Gasteiger partial charge in [0.25, 0.3) is 0 Å². The van der Waals surface area contributed by atoms with Crippen molar-refractivity contribution < 1.29 is 0 Å². The van der Waals surface area contributed by atoms with Gasteiger partial charge in [-0.2, -0.15) is 0 Å². The maximum Gasteiger partial charge on any atom is 0.0569 e. The highest BCUT2D eigenvalue weighted by atomic mass is 14.8. The van der Waals surface area contributed by atoms with E-state index in [-0.39, 0.29) is 0 Å². The molecule has 1 aliphatic carbocycles. The molecule has 0 aliphatic heterocycles. The van der Waals surface area contributed by atoms with Gasteiger partial charge in [0, 0.05) is 18.4 Å². The Kier molecular flexibility index (Phi) is 4.57. The van der Waals surface area contributed by atoms with Crippen LogP contribution in [0.25, 0.3) is 5.57 Å². The molecule has 0 radical (unpaired) electrons. The minimum atomic E-state index is 0.556. The number of anilines is 2. The van der Waals surface area contributed by atoms with E-state index in [0.29, 0.717) is 5.71 Å². The van der Waals surface area contributed by atoms with E-state index >= 15 is 0 Å². The predicted molar refractivity (Wildman–Crippen MR) is 108 cm³/mol. The van der Waals surface area contributed by atoms with Gasteiger partial charge in [-0.25, -0.2) is 0 Å². The molecule has 3 nitrogen and oxygen atoms in total. The fourth-order valence-electron chi connectivity index (χ4n) is 2.98. The van der Waals surface area contributed by atoms with Crippen molar-refractivity contribution in [3.63, 3.8) is 0 Å². The highest BCUT2D eigenvalue weighted by molar-refractivity contribution is 6.08. The average molecular weight is 329 g/mol. The van der Waals surface area contributed by atoms with Crippen LogP contribution in [0.5, 0.6) is 0 Å². The molecule has 0 fully saturated rings. The monoisotopic (exact) mass is 329 g/mol. The first-order chi connectivity index (χ1) is 12.0. The molecular weight excluding hydrogens is 306 g/mol. The van der Waals surface area contributed by atoms with Crippen molar-refractivity contribution in [3.05, 3.63) is 88.5 Å². The SMILES string of the molecule is CNc1cccc(C(=C2C=CC(=N)C(C)=C2)c2ccc(N)c(C)c2)c1. The van der Waals surface area contributed by atoms with Crippen LogP contribution in [0, 0.1) is 12.3 Å². The zero-order valence-corrected chi connectivity index (χ0v) is 14.9. The number of allylic oxidation sites excluding steroid dienone is 5. The van der Waals surface area contributed by atoms with E-state index in [4.69, 9.17) is 11.1 Å². The maximum absolute atomic E-state index is 7.96. The first-order valence-corrected chi connectivity index (χ1v) is 8.34. The van der Waals surface area contributed by atoms with Crippen LogP contribution in [0.4, 0.5) is 11.4 Å². The van der Waals surface area contributed by atoms with E-state index in [2.05, 4.69) is 41.7 Å². The van der Waals surface area contributed by atoms with Crippen molar-refractivity contribution in [2.45, 2.75) is 13.8 Å². The van der Waals surface area contributed by atoms with E-state index < -0.39 is 0 Å². The van der Waals surface area contributed by atoms with Gasteiger partial charge >= 0.3 is 0 Å². The Morgan fingerprint density at radius 2 is 1.76 bits per heavy atom. The lowest BCUT2D eigenvalue weighted by Gasteiger charge is -2.17. The van der Waals surface area contributed by atoms with Gasteiger partial charge in [-0.15, -0.1) is 0 Å². The van der Waals surface area contributed by atoms with Crippen molar-refractivity contribution in [1.29, 1.82) is 5.41 Å². The van der Waals surface area contributed by atoms with Crippen LogP contribution < -0.4 is 11.1 Å². The number of hydrogen-bond donors (Lipinski definition) is 3. The molecule has 0 heterocycles. The highest BCUT2D eigenvalue weighted by Gasteiger charge is 2.14. The minimum absolute atomic E-state index is 0.556. The lowest BCUT2D eigenvalue weighted by Crippen LogP contribution is -2.02. The van der Waals surface area contributed by atoms with Gasteiger partial charge in [0.1, 0.15) is 0 Å². The molecule has 0 amide bonds. The van der Waals surface area contributed by atoms with E-state index in [1.54, 1.807) is 0 Å². The first-order valence-electron chi connectivity index (χ1n) is 8.34. The van der Waals surface area contributed by atoms with Crippen LogP contribution in [0.2, 0.25) is 0 Å². The highest BCUT2D eigenvalue weighted by Crippen LogP contribution is 2.33. The summed E-state index contributed by atoms with van der Waals surface area (Å²) in [4.78, 5) is 0. The quantitative estimate of drug-likeness (QED) is 0.697. The molecule has 0 saturated heterocycles. The lowest BCUT2D eigenvalue weighted by molar-refractivity contribution is 1.40. The topological polar surface area (TPSA) is 61.9 Å². The molecule has 0 aromatic heterocycles. The van der Waals surface area contributed by atoms with Crippen molar-refractivity contribution in [2.75, 3.05) is 18.1 Å². The van der Waals surface area contributed by atoms with E-state index in [0.717, 1.165) is 44.8 Å². The molecule has 0 unspecified atom stereocenters. The Morgan fingerprint density at radius 3 is 2.44 bits per heavy atom. The largest absolute Gasteiger partial charge is 0.399 e. The number of benzene rings is 2. The third kappa shape index (κ3) is 3.41. The molecule has 0 spiro atoms. The zero-order valence-electron chi connectivity index (χ0n) is 14.9. The van der Waals surface area contributed by atoms with E-state index in [9.17, 15) is 0 Å². The van der Waals surface area contributed by atoms with Crippen LogP contribution in [0.1, 0.15) is 23.6 Å². The fourth-order valence-corrected chi connectivity index (χ4v) is 2.98. The van der Waals surface area contributed by atoms with Crippen molar-refractivity contribution in [2.24, 2.45) is 0 Å². The summed E-state index contributed by atoms with van der Waals surface area (Å²) in [5.41, 5.74) is 15.0. The molecule has 3 heteroatoms. The third-order valence-corrected chi connectivity index (χ3v) is 4.51. The zero-order chi connectivity index (χ0) is 18.0. The van der Waals surface area contributed by atoms with Gasteiger partial charge < -0.3 is 16.5 Å². The Labute approximate surface area is 149 Å². The second-order valence-electron chi connectivity index (χ2n) is 6.31.